The molecule has 2 amide bonds. The number of benzene rings is 1. The molecule has 0 aromatic heterocycles. The minimum absolute atomic E-state index is 0.0754. The maximum atomic E-state index is 13.2. The van der Waals surface area contributed by atoms with Crippen LogP contribution < -0.4 is 5.32 Å². The van der Waals surface area contributed by atoms with Crippen LogP contribution in [0, 0.1) is 5.92 Å². The van der Waals surface area contributed by atoms with Crippen LogP contribution in [0.25, 0.3) is 0 Å². The van der Waals surface area contributed by atoms with E-state index in [4.69, 9.17) is 9.47 Å². The number of hydrogen-bond acceptors (Lipinski definition) is 6. The van der Waals surface area contributed by atoms with Crippen molar-refractivity contribution in [1.82, 2.24) is 4.90 Å². The number of rotatable bonds is 8. The molecule has 3 atom stereocenters. The van der Waals surface area contributed by atoms with Crippen LogP contribution >= 0.6 is 0 Å². The fourth-order valence-electron chi connectivity index (χ4n) is 4.71. The molecule has 1 N–H and O–H groups in total. The topological polar surface area (TPSA) is 102 Å². The van der Waals surface area contributed by atoms with Crippen molar-refractivity contribution in [3.05, 3.63) is 41.7 Å². The van der Waals surface area contributed by atoms with Crippen LogP contribution in [-0.4, -0.2) is 55.8 Å². The number of para-hydroxylation sites is 1. The third-order valence-corrected chi connectivity index (χ3v) is 6.17. The molecule has 2 heterocycles. The van der Waals surface area contributed by atoms with Crippen LogP contribution in [0.3, 0.4) is 0 Å². The Morgan fingerprint density at radius 2 is 2.07 bits per heavy atom. The van der Waals surface area contributed by atoms with Gasteiger partial charge in [-0.1, -0.05) is 25.1 Å². The number of nitrogens with zero attached hydrogens (tertiary/aromatic N) is 1. The summed E-state index contributed by atoms with van der Waals surface area (Å²) < 4.78 is 9.89. The number of methoxy groups -OCH3 is 2. The fraction of sp³-hybridized carbons (Fsp3) is 0.455. The summed E-state index contributed by atoms with van der Waals surface area (Å²) in [5, 5.41) is 2.91. The largest absolute Gasteiger partial charge is 0.504 e. The highest BCUT2D eigenvalue weighted by Crippen LogP contribution is 2.49. The van der Waals surface area contributed by atoms with Gasteiger partial charge in [-0.25, -0.2) is 4.79 Å². The van der Waals surface area contributed by atoms with Crippen LogP contribution in [0.2, 0.25) is 0 Å². The molecule has 0 bridgehead atoms. The Morgan fingerprint density at radius 1 is 1.33 bits per heavy atom. The van der Waals surface area contributed by atoms with Gasteiger partial charge in [-0.2, -0.15) is 0 Å². The number of ketones is 1. The zero-order valence-corrected chi connectivity index (χ0v) is 17.3. The highest BCUT2D eigenvalue weighted by Gasteiger charge is 2.58. The van der Waals surface area contributed by atoms with Crippen molar-refractivity contribution in [1.29, 1.82) is 0 Å². The van der Waals surface area contributed by atoms with Crippen LogP contribution in [0.4, 0.5) is 5.69 Å². The first-order chi connectivity index (χ1) is 14.4. The van der Waals surface area contributed by atoms with Crippen molar-refractivity contribution in [2.24, 2.45) is 5.92 Å². The van der Waals surface area contributed by atoms with Gasteiger partial charge in [-0.3, -0.25) is 14.4 Å². The van der Waals surface area contributed by atoms with E-state index in [1.54, 1.807) is 11.8 Å². The van der Waals surface area contributed by atoms with Crippen molar-refractivity contribution in [2.45, 2.75) is 37.6 Å². The molecule has 0 saturated carbocycles. The van der Waals surface area contributed by atoms with E-state index in [-0.39, 0.29) is 30.1 Å². The summed E-state index contributed by atoms with van der Waals surface area (Å²) in [4.78, 5) is 51.8. The standard InChI is InChI=1S/C22H26N2O6/c1-4-18(26)14(15(12-29-2)20(27)30-3)11-19-22(9-10-24(19)13-25)16-7-5-6-8-17(16)23-21(22)28/h5-8,12-14,19H,4,9-11H2,1-3H3,(H,23,28). The van der Waals surface area contributed by atoms with E-state index in [9.17, 15) is 19.2 Å². The average Bonchev–Trinajstić information content (AvgIpc) is 3.27. The van der Waals surface area contributed by atoms with Gasteiger partial charge in [0.15, 0.2) is 0 Å². The van der Waals surface area contributed by atoms with Gasteiger partial charge < -0.3 is 19.7 Å². The van der Waals surface area contributed by atoms with Crippen molar-refractivity contribution in [3.63, 3.8) is 0 Å². The molecule has 8 heteroatoms. The third-order valence-electron chi connectivity index (χ3n) is 6.17. The lowest BCUT2D eigenvalue weighted by Gasteiger charge is -2.34. The molecular formula is C22H26N2O6. The summed E-state index contributed by atoms with van der Waals surface area (Å²) in [6.07, 6.45) is 2.65. The zero-order valence-electron chi connectivity index (χ0n) is 17.3. The lowest BCUT2D eigenvalue weighted by molar-refractivity contribution is -0.138. The molecule has 30 heavy (non-hydrogen) atoms. The summed E-state index contributed by atoms with van der Waals surface area (Å²) in [5.74, 6) is -1.94. The summed E-state index contributed by atoms with van der Waals surface area (Å²) in [5.41, 5.74) is 0.617. The normalized spacial score (nSPS) is 23.7. The number of carbonyl (C=O) groups excluding carboxylic acids is 4. The molecule has 0 radical (unpaired) electrons. The first-order valence-corrected chi connectivity index (χ1v) is 9.90. The smallest absolute Gasteiger partial charge is 0.337 e. The Hall–Kier alpha value is -3.16. The maximum absolute atomic E-state index is 13.2. The van der Waals surface area contributed by atoms with Crippen LogP contribution in [0.15, 0.2) is 36.1 Å². The number of Topliss-reactive ketones (excluding diaryl/α,β-unsaturated/α-hetero) is 1. The second kappa shape index (κ2) is 8.69. The van der Waals surface area contributed by atoms with Crippen LogP contribution in [0.1, 0.15) is 31.7 Å². The Morgan fingerprint density at radius 3 is 2.70 bits per heavy atom. The minimum atomic E-state index is -0.974. The third kappa shape index (κ3) is 3.36. The van der Waals surface area contributed by atoms with Gasteiger partial charge in [0.1, 0.15) is 5.78 Å². The van der Waals surface area contributed by atoms with E-state index in [1.807, 2.05) is 24.3 Å². The summed E-state index contributed by atoms with van der Waals surface area (Å²) in [6, 6.07) is 6.78. The molecule has 3 rings (SSSR count). The highest BCUT2D eigenvalue weighted by molar-refractivity contribution is 6.07. The van der Waals surface area contributed by atoms with Gasteiger partial charge in [0.2, 0.25) is 12.3 Å². The molecule has 3 unspecified atom stereocenters. The molecule has 1 aromatic carbocycles. The molecule has 1 saturated heterocycles. The number of carbonyl (C=O) groups is 4. The Bertz CT molecular complexity index is 895. The maximum Gasteiger partial charge on any atom is 0.337 e. The highest BCUT2D eigenvalue weighted by atomic mass is 16.5. The molecule has 1 aromatic rings. The van der Waals surface area contributed by atoms with Crippen molar-refractivity contribution < 1.29 is 28.7 Å². The van der Waals surface area contributed by atoms with E-state index < -0.39 is 23.3 Å². The lowest BCUT2D eigenvalue weighted by atomic mass is 9.71. The number of amides is 2. The molecule has 1 fully saturated rings. The monoisotopic (exact) mass is 414 g/mol. The Kier molecular flexibility index (Phi) is 6.24. The van der Waals surface area contributed by atoms with Gasteiger partial charge in [0.05, 0.1) is 43.4 Å². The van der Waals surface area contributed by atoms with E-state index in [2.05, 4.69) is 5.32 Å². The summed E-state index contributed by atoms with van der Waals surface area (Å²) in [6.45, 7) is 2.08. The predicted octanol–water partition coefficient (Wildman–Crippen LogP) is 1.80. The van der Waals surface area contributed by atoms with E-state index in [0.717, 1.165) is 5.56 Å². The van der Waals surface area contributed by atoms with Gasteiger partial charge in [0.25, 0.3) is 0 Å². The number of nitrogens with one attached hydrogen (secondary N) is 1. The zero-order chi connectivity index (χ0) is 21.9. The van der Waals surface area contributed by atoms with E-state index in [1.165, 1.54) is 20.5 Å². The quantitative estimate of drug-likeness (QED) is 0.301. The Labute approximate surface area is 175 Å². The molecule has 160 valence electrons. The number of ether oxygens (including phenoxy) is 2. The number of fused-ring (bicyclic) bond motifs is 2. The SMILES string of the molecule is CCC(=O)C(CC1N(C=O)CCC12C(=O)Nc1ccccc12)C(=COC)C(=O)OC. The van der Waals surface area contributed by atoms with Gasteiger partial charge in [-0.05, 0) is 24.5 Å². The number of anilines is 1. The second-order valence-electron chi connectivity index (χ2n) is 7.49. The summed E-state index contributed by atoms with van der Waals surface area (Å²) in [7, 11) is 2.61. The molecule has 1 spiro atoms. The van der Waals surface area contributed by atoms with Crippen LogP contribution in [-0.2, 0) is 34.1 Å². The van der Waals surface area contributed by atoms with Crippen molar-refractivity contribution in [2.75, 3.05) is 26.1 Å². The fourth-order valence-corrected chi connectivity index (χ4v) is 4.71. The molecular weight excluding hydrogens is 388 g/mol. The van der Waals surface area contributed by atoms with Crippen LogP contribution in [0.5, 0.6) is 0 Å². The second-order valence-corrected chi connectivity index (χ2v) is 7.49. The average molecular weight is 414 g/mol. The molecule has 2 aliphatic heterocycles. The number of hydrogen-bond donors (Lipinski definition) is 1. The van der Waals surface area contributed by atoms with E-state index >= 15 is 0 Å². The number of likely N-dealkylation sites (tertiary alicyclic amines) is 1. The molecule has 2 aliphatic rings. The first-order valence-electron chi connectivity index (χ1n) is 9.90. The van der Waals surface area contributed by atoms with Gasteiger partial charge in [-0.15, -0.1) is 0 Å². The Balaban J connectivity index is 2.08. The predicted molar refractivity (Wildman–Crippen MR) is 108 cm³/mol. The number of esters is 1. The van der Waals surface area contributed by atoms with Crippen molar-refractivity contribution >= 4 is 29.8 Å². The minimum Gasteiger partial charge on any atom is -0.504 e. The first kappa shape index (κ1) is 21.5. The summed E-state index contributed by atoms with van der Waals surface area (Å²) >= 11 is 0. The van der Waals surface area contributed by atoms with Gasteiger partial charge >= 0.3 is 5.97 Å². The molecule has 8 nitrogen and oxygen atoms in total. The lowest BCUT2D eigenvalue weighted by Crippen LogP contribution is -2.48. The van der Waals surface area contributed by atoms with Crippen molar-refractivity contribution in [3.8, 4) is 0 Å². The van der Waals surface area contributed by atoms with Gasteiger partial charge in [0, 0.05) is 18.7 Å². The van der Waals surface area contributed by atoms with E-state index in [0.29, 0.717) is 25.1 Å². The molecule has 0 aliphatic carbocycles.